The van der Waals surface area contributed by atoms with E-state index in [-0.39, 0.29) is 5.11 Å². The molecule has 1 radical (unpaired) electrons. The van der Waals surface area contributed by atoms with E-state index in [9.17, 15) is 0 Å². The zero-order valence-corrected chi connectivity index (χ0v) is 6.84. The van der Waals surface area contributed by atoms with Crippen LogP contribution < -0.4 is 10.6 Å². The Morgan fingerprint density at radius 1 is 1.36 bits per heavy atom. The molecule has 1 rings (SSSR count). The lowest BCUT2D eigenvalue weighted by Gasteiger charge is -2.15. The van der Waals surface area contributed by atoms with E-state index >= 15 is 0 Å². The van der Waals surface area contributed by atoms with Gasteiger partial charge in [-0.15, -0.1) is 0 Å². The predicted molar refractivity (Wildman–Crippen MR) is 51.1 cm³/mol. The maximum atomic E-state index is 5.36. The van der Waals surface area contributed by atoms with E-state index < -0.39 is 0 Å². The maximum absolute atomic E-state index is 5.36. The van der Waals surface area contributed by atoms with Crippen LogP contribution in [0.15, 0.2) is 30.3 Å². The lowest BCUT2D eigenvalue weighted by Crippen LogP contribution is -2.29. The van der Waals surface area contributed by atoms with Crippen molar-refractivity contribution in [3.8, 4) is 0 Å². The van der Waals surface area contributed by atoms with Crippen molar-refractivity contribution >= 4 is 23.0 Å². The average molecular weight is 165 g/mol. The van der Waals surface area contributed by atoms with Gasteiger partial charge in [-0.2, -0.15) is 0 Å². The monoisotopic (exact) mass is 165 g/mol. The summed E-state index contributed by atoms with van der Waals surface area (Å²) >= 11 is 4.74. The quantitative estimate of drug-likeness (QED) is 0.640. The largest absolute Gasteiger partial charge is 0.376 e. The highest BCUT2D eigenvalue weighted by Gasteiger charge is 1.99. The van der Waals surface area contributed by atoms with Crippen molar-refractivity contribution in [1.82, 2.24) is 0 Å². The van der Waals surface area contributed by atoms with Crippen LogP contribution in [0.3, 0.4) is 0 Å². The van der Waals surface area contributed by atoms with Crippen LogP contribution >= 0.6 is 12.2 Å². The van der Waals surface area contributed by atoms with Crippen molar-refractivity contribution in [1.29, 1.82) is 0 Å². The molecule has 1 aromatic carbocycles. The van der Waals surface area contributed by atoms with Crippen molar-refractivity contribution in [2.24, 2.45) is 5.73 Å². The topological polar surface area (TPSA) is 29.3 Å². The number of nitrogens with zero attached hydrogens (tertiary/aromatic N) is 1. The standard InChI is InChI=1S/C8H9N2S/c1-10(8(9)11)7-5-3-2-4-6-7/h2-6H,1H2,(H2,9,11). The zero-order chi connectivity index (χ0) is 8.27. The minimum atomic E-state index is 0.274. The van der Waals surface area contributed by atoms with Crippen LogP contribution in [0.4, 0.5) is 5.69 Å². The second-order valence-electron chi connectivity index (χ2n) is 2.10. The second kappa shape index (κ2) is 3.34. The molecule has 0 saturated carbocycles. The number of nitrogens with two attached hydrogens (primary N) is 1. The van der Waals surface area contributed by atoms with Crippen molar-refractivity contribution in [2.45, 2.75) is 0 Å². The smallest absolute Gasteiger partial charge is 0.170 e. The molecule has 0 amide bonds. The SMILES string of the molecule is [CH2]N(C(N)=S)c1ccccc1. The molecule has 0 aliphatic carbocycles. The van der Waals surface area contributed by atoms with Crippen molar-refractivity contribution in [3.63, 3.8) is 0 Å². The first kappa shape index (κ1) is 8.01. The Hall–Kier alpha value is -1.09. The normalized spacial score (nSPS) is 9.18. The van der Waals surface area contributed by atoms with Gasteiger partial charge in [-0.3, -0.25) is 0 Å². The highest BCUT2D eigenvalue weighted by atomic mass is 32.1. The van der Waals surface area contributed by atoms with Crippen molar-refractivity contribution in [3.05, 3.63) is 37.4 Å². The van der Waals surface area contributed by atoms with Crippen molar-refractivity contribution in [2.75, 3.05) is 4.90 Å². The molecule has 0 aliphatic heterocycles. The van der Waals surface area contributed by atoms with Gasteiger partial charge >= 0.3 is 0 Å². The van der Waals surface area contributed by atoms with Gasteiger partial charge in [0.15, 0.2) is 5.11 Å². The number of benzene rings is 1. The van der Waals surface area contributed by atoms with Gasteiger partial charge in [0.1, 0.15) is 0 Å². The number of hydrogen-bond acceptors (Lipinski definition) is 1. The van der Waals surface area contributed by atoms with Gasteiger partial charge in [-0.25, -0.2) is 0 Å². The Morgan fingerprint density at radius 3 is 2.36 bits per heavy atom. The Morgan fingerprint density at radius 2 is 1.91 bits per heavy atom. The molecule has 2 nitrogen and oxygen atoms in total. The summed E-state index contributed by atoms with van der Waals surface area (Å²) < 4.78 is 0. The van der Waals surface area contributed by atoms with Gasteiger partial charge in [-0.05, 0) is 24.4 Å². The summed E-state index contributed by atoms with van der Waals surface area (Å²) in [6.45, 7) is 0. The number of anilines is 1. The number of thiocarbonyl (C=S) groups is 1. The summed E-state index contributed by atoms with van der Waals surface area (Å²) in [6, 6.07) is 9.53. The number of hydrogen-bond donors (Lipinski definition) is 1. The highest BCUT2D eigenvalue weighted by Crippen LogP contribution is 2.10. The van der Waals surface area contributed by atoms with E-state index in [0.717, 1.165) is 5.69 Å². The van der Waals surface area contributed by atoms with Crippen LogP contribution in [0.1, 0.15) is 0 Å². The summed E-state index contributed by atoms with van der Waals surface area (Å²) in [6.07, 6.45) is 0. The highest BCUT2D eigenvalue weighted by molar-refractivity contribution is 7.80. The summed E-state index contributed by atoms with van der Waals surface area (Å²) in [5.41, 5.74) is 6.27. The second-order valence-corrected chi connectivity index (χ2v) is 2.52. The summed E-state index contributed by atoms with van der Waals surface area (Å²) in [4.78, 5) is 1.51. The van der Waals surface area contributed by atoms with E-state index in [2.05, 4.69) is 7.05 Å². The van der Waals surface area contributed by atoms with Gasteiger partial charge in [0.25, 0.3) is 0 Å². The third-order valence-corrected chi connectivity index (χ3v) is 1.55. The van der Waals surface area contributed by atoms with E-state index in [1.165, 1.54) is 4.90 Å². The number of rotatable bonds is 1. The van der Waals surface area contributed by atoms with E-state index in [0.29, 0.717) is 0 Å². The third kappa shape index (κ3) is 1.91. The molecule has 0 aliphatic rings. The van der Waals surface area contributed by atoms with E-state index in [1.807, 2.05) is 30.3 Å². The minimum Gasteiger partial charge on any atom is -0.376 e. The molecular formula is C8H9N2S. The molecule has 0 heterocycles. The van der Waals surface area contributed by atoms with Gasteiger partial charge in [0, 0.05) is 12.7 Å². The van der Waals surface area contributed by atoms with Crippen LogP contribution in [0, 0.1) is 7.05 Å². The van der Waals surface area contributed by atoms with Crippen LogP contribution in [0.5, 0.6) is 0 Å². The zero-order valence-electron chi connectivity index (χ0n) is 6.03. The van der Waals surface area contributed by atoms with Crippen LogP contribution in [-0.2, 0) is 0 Å². The van der Waals surface area contributed by atoms with Gasteiger partial charge in [-0.1, -0.05) is 18.2 Å². The third-order valence-electron chi connectivity index (χ3n) is 1.33. The Labute approximate surface area is 71.6 Å². The fourth-order valence-corrected chi connectivity index (χ4v) is 0.841. The average Bonchev–Trinajstić information content (AvgIpc) is 2.05. The fourth-order valence-electron chi connectivity index (χ4n) is 0.735. The molecule has 0 fully saturated rings. The molecule has 0 unspecified atom stereocenters. The summed E-state index contributed by atoms with van der Waals surface area (Å²) in [7, 11) is 3.67. The first-order chi connectivity index (χ1) is 5.22. The lowest BCUT2D eigenvalue weighted by atomic mass is 10.3. The molecule has 57 valence electrons. The minimum absolute atomic E-state index is 0.274. The first-order valence-corrected chi connectivity index (χ1v) is 3.58. The Bertz CT molecular complexity index is 246. The fraction of sp³-hybridized carbons (Fsp3) is 0. The molecule has 1 aromatic rings. The molecule has 0 atom stereocenters. The first-order valence-electron chi connectivity index (χ1n) is 3.17. The molecule has 0 bridgehead atoms. The van der Waals surface area contributed by atoms with Crippen LogP contribution in [-0.4, -0.2) is 5.11 Å². The molecule has 0 aromatic heterocycles. The molecule has 3 heteroatoms. The van der Waals surface area contributed by atoms with E-state index in [1.54, 1.807) is 0 Å². The molecule has 2 N–H and O–H groups in total. The summed E-state index contributed by atoms with van der Waals surface area (Å²) in [5, 5.41) is 0.274. The Kier molecular flexibility index (Phi) is 2.44. The molecule has 0 saturated heterocycles. The Balaban J connectivity index is 2.85. The molecule has 0 spiro atoms. The summed E-state index contributed by atoms with van der Waals surface area (Å²) in [5.74, 6) is 0. The lowest BCUT2D eigenvalue weighted by molar-refractivity contribution is 1.35. The maximum Gasteiger partial charge on any atom is 0.170 e. The van der Waals surface area contributed by atoms with Gasteiger partial charge in [0.05, 0.1) is 0 Å². The number of para-hydroxylation sites is 1. The van der Waals surface area contributed by atoms with Crippen LogP contribution in [0.25, 0.3) is 0 Å². The molecular weight excluding hydrogens is 156 g/mol. The van der Waals surface area contributed by atoms with Crippen LogP contribution in [0.2, 0.25) is 0 Å². The van der Waals surface area contributed by atoms with E-state index in [4.69, 9.17) is 18.0 Å². The molecule has 11 heavy (non-hydrogen) atoms. The predicted octanol–water partition coefficient (Wildman–Crippen LogP) is 1.53. The van der Waals surface area contributed by atoms with Gasteiger partial charge < -0.3 is 10.6 Å². The van der Waals surface area contributed by atoms with Crippen molar-refractivity contribution < 1.29 is 0 Å². The van der Waals surface area contributed by atoms with Gasteiger partial charge in [0.2, 0.25) is 0 Å².